The molecule has 0 saturated carbocycles. The summed E-state index contributed by atoms with van der Waals surface area (Å²) in [4.78, 5) is 30.7. The van der Waals surface area contributed by atoms with E-state index in [1.165, 1.54) is 6.07 Å². The second kappa shape index (κ2) is 12.0. The van der Waals surface area contributed by atoms with Crippen molar-refractivity contribution in [2.45, 2.75) is 31.3 Å². The number of anilines is 2. The second-order valence-corrected chi connectivity index (χ2v) is 11.5. The normalized spacial score (nSPS) is 18.0. The quantitative estimate of drug-likeness (QED) is 0.269. The van der Waals surface area contributed by atoms with Gasteiger partial charge in [-0.2, -0.15) is 0 Å². The number of fused-ring (bicyclic) bond motifs is 1. The molecular formula is C32H33ClFN7O. The molecule has 0 bridgehead atoms. The van der Waals surface area contributed by atoms with Gasteiger partial charge in [0.25, 0.3) is 0 Å². The lowest BCUT2D eigenvalue weighted by Gasteiger charge is -2.33. The van der Waals surface area contributed by atoms with E-state index in [-0.39, 0.29) is 10.9 Å². The highest BCUT2D eigenvalue weighted by atomic mass is 35.5. The topological polar surface area (TPSA) is 79.2 Å². The van der Waals surface area contributed by atoms with Gasteiger partial charge in [-0.25, -0.2) is 19.3 Å². The summed E-state index contributed by atoms with van der Waals surface area (Å²) in [7, 11) is 4.11. The Kier molecular flexibility index (Phi) is 8.04. The van der Waals surface area contributed by atoms with Gasteiger partial charge in [0.15, 0.2) is 0 Å². The molecule has 4 aromatic rings. The van der Waals surface area contributed by atoms with E-state index in [0.29, 0.717) is 5.82 Å². The largest absolute Gasteiger partial charge is 0.356 e. The smallest absolute Gasteiger partial charge is 0.146 e. The first-order valence-corrected chi connectivity index (χ1v) is 14.5. The fraction of sp³-hybridized carbons (Fsp3) is 0.312. The minimum Gasteiger partial charge on any atom is -0.356 e. The predicted molar refractivity (Wildman–Crippen MR) is 165 cm³/mol. The lowest BCUT2D eigenvalue weighted by molar-refractivity contribution is -0.107. The summed E-state index contributed by atoms with van der Waals surface area (Å²) in [5.74, 6) is 2.38. The second-order valence-electron chi connectivity index (χ2n) is 11.1. The zero-order chi connectivity index (χ0) is 29.2. The molecular weight excluding hydrogens is 553 g/mol. The van der Waals surface area contributed by atoms with Gasteiger partial charge < -0.3 is 24.5 Å². The van der Waals surface area contributed by atoms with Crippen LogP contribution < -0.4 is 10.2 Å². The minimum absolute atomic E-state index is 0.0922. The van der Waals surface area contributed by atoms with Crippen LogP contribution >= 0.6 is 11.6 Å². The minimum atomic E-state index is -0.476. The summed E-state index contributed by atoms with van der Waals surface area (Å²) in [5.41, 5.74) is 4.38. The van der Waals surface area contributed by atoms with E-state index in [9.17, 15) is 9.18 Å². The number of benzene rings is 2. The third-order valence-electron chi connectivity index (χ3n) is 7.97. The van der Waals surface area contributed by atoms with E-state index < -0.39 is 11.9 Å². The number of likely N-dealkylation sites (N-methyl/N-ethyl adjacent to an activating group) is 1. The number of carbonyl (C=O) groups excluding carboxylic acids is 1. The molecule has 216 valence electrons. The van der Waals surface area contributed by atoms with Crippen LogP contribution in [0.15, 0.2) is 61.1 Å². The molecule has 4 heterocycles. The summed E-state index contributed by atoms with van der Waals surface area (Å²) in [6.45, 7) is 3.25. The van der Waals surface area contributed by atoms with Gasteiger partial charge in [0, 0.05) is 43.9 Å². The number of imidazole rings is 1. The molecule has 2 aliphatic heterocycles. The van der Waals surface area contributed by atoms with Gasteiger partial charge >= 0.3 is 0 Å². The molecule has 1 saturated heterocycles. The van der Waals surface area contributed by atoms with Crippen LogP contribution in [-0.2, 0) is 11.3 Å². The Morgan fingerprint density at radius 2 is 1.90 bits per heavy atom. The molecule has 1 atom stereocenters. The first-order chi connectivity index (χ1) is 20.4. The van der Waals surface area contributed by atoms with Crippen LogP contribution in [0.4, 0.5) is 16.0 Å². The van der Waals surface area contributed by atoms with Crippen LogP contribution in [0.2, 0.25) is 5.02 Å². The van der Waals surface area contributed by atoms with Crippen LogP contribution in [0, 0.1) is 5.82 Å². The molecule has 0 amide bonds. The maximum atomic E-state index is 13.8. The van der Waals surface area contributed by atoms with Crippen LogP contribution in [0.1, 0.15) is 35.7 Å². The fourth-order valence-corrected chi connectivity index (χ4v) is 5.94. The molecule has 1 fully saturated rings. The third kappa shape index (κ3) is 5.67. The Hall–Kier alpha value is -4.08. The van der Waals surface area contributed by atoms with Crippen molar-refractivity contribution in [2.24, 2.45) is 0 Å². The van der Waals surface area contributed by atoms with Crippen molar-refractivity contribution in [1.29, 1.82) is 0 Å². The fourth-order valence-electron chi connectivity index (χ4n) is 5.76. The molecule has 2 aromatic carbocycles. The van der Waals surface area contributed by atoms with Gasteiger partial charge in [-0.05, 0) is 62.3 Å². The highest BCUT2D eigenvalue weighted by molar-refractivity contribution is 6.31. The number of hydrogen-bond donors (Lipinski definition) is 1. The van der Waals surface area contributed by atoms with E-state index >= 15 is 0 Å². The van der Waals surface area contributed by atoms with Gasteiger partial charge in [-0.3, -0.25) is 0 Å². The lowest BCUT2D eigenvalue weighted by atomic mass is 9.94. The molecule has 1 unspecified atom stereocenters. The molecule has 2 aliphatic rings. The van der Waals surface area contributed by atoms with Crippen molar-refractivity contribution in [3.05, 3.63) is 88.8 Å². The number of nitrogens with one attached hydrogen (secondary N) is 1. The first kappa shape index (κ1) is 28.1. The van der Waals surface area contributed by atoms with Crippen LogP contribution in [0.5, 0.6) is 0 Å². The molecule has 42 heavy (non-hydrogen) atoms. The third-order valence-corrected chi connectivity index (χ3v) is 8.26. The molecule has 10 heteroatoms. The number of carbonyl (C=O) groups is 1. The van der Waals surface area contributed by atoms with E-state index in [0.717, 1.165) is 84.9 Å². The van der Waals surface area contributed by atoms with E-state index in [1.54, 1.807) is 18.5 Å². The van der Waals surface area contributed by atoms with Crippen molar-refractivity contribution < 1.29 is 9.18 Å². The molecule has 0 radical (unpaired) electrons. The molecule has 6 rings (SSSR count). The van der Waals surface area contributed by atoms with Crippen molar-refractivity contribution in [1.82, 2.24) is 24.4 Å². The van der Waals surface area contributed by atoms with Gasteiger partial charge in [0.1, 0.15) is 41.9 Å². The Morgan fingerprint density at radius 1 is 1.12 bits per heavy atom. The standard InChI is InChI=1S/C32H33ClFN7O/c1-39(2)14-15-41-18-27(23-8-9-26(34)25(33)17-23)38-31(41)22-10-12-40(13-11-22)32-29-24(16-21-6-4-3-5-7-21)28(19-42)37-30(29)35-20-36-32/h3-9,16-20,22,28H,10-15H2,1-2H3,(H,35,36,37). The Balaban J connectivity index is 1.27. The van der Waals surface area contributed by atoms with E-state index in [1.807, 2.05) is 36.4 Å². The highest BCUT2D eigenvalue weighted by Gasteiger charge is 2.34. The monoisotopic (exact) mass is 585 g/mol. The number of aldehydes is 1. The predicted octanol–water partition coefficient (Wildman–Crippen LogP) is 5.61. The Morgan fingerprint density at radius 3 is 2.62 bits per heavy atom. The SMILES string of the molecule is CN(C)CCn1cc(-c2ccc(F)c(Cl)c2)nc1C1CCN(c2ncnc3c2C(=Cc2ccccc2)C(C=O)N3)CC1. The van der Waals surface area contributed by atoms with E-state index in [2.05, 4.69) is 45.0 Å². The Bertz CT molecular complexity index is 1610. The summed E-state index contributed by atoms with van der Waals surface area (Å²) < 4.78 is 16.1. The molecule has 1 N–H and O–H groups in total. The van der Waals surface area contributed by atoms with Gasteiger partial charge in [0.2, 0.25) is 0 Å². The zero-order valence-corrected chi connectivity index (χ0v) is 24.4. The Labute approximate surface area is 249 Å². The van der Waals surface area contributed by atoms with Gasteiger partial charge in [-0.1, -0.05) is 41.9 Å². The molecule has 8 nitrogen and oxygen atoms in total. The molecule has 0 spiro atoms. The number of halogens is 2. The van der Waals surface area contributed by atoms with Crippen molar-refractivity contribution in [3.63, 3.8) is 0 Å². The summed E-state index contributed by atoms with van der Waals surface area (Å²) in [6.07, 6.45) is 8.37. The molecule has 2 aromatic heterocycles. The average molecular weight is 586 g/mol. The maximum absolute atomic E-state index is 13.8. The van der Waals surface area contributed by atoms with Crippen molar-refractivity contribution >= 4 is 41.2 Å². The number of hydrogen-bond acceptors (Lipinski definition) is 7. The highest BCUT2D eigenvalue weighted by Crippen LogP contribution is 2.41. The number of piperidine rings is 1. The summed E-state index contributed by atoms with van der Waals surface area (Å²) in [5, 5.41) is 3.35. The summed E-state index contributed by atoms with van der Waals surface area (Å²) in [6, 6.07) is 14.3. The average Bonchev–Trinajstić information content (AvgIpc) is 3.60. The lowest BCUT2D eigenvalue weighted by Crippen LogP contribution is -2.35. The number of rotatable bonds is 8. The zero-order valence-electron chi connectivity index (χ0n) is 23.7. The van der Waals surface area contributed by atoms with Crippen molar-refractivity contribution in [3.8, 4) is 11.3 Å². The van der Waals surface area contributed by atoms with Gasteiger partial charge in [0.05, 0.1) is 16.3 Å². The molecule has 0 aliphatic carbocycles. The van der Waals surface area contributed by atoms with Crippen LogP contribution in [0.3, 0.4) is 0 Å². The number of nitrogens with zero attached hydrogens (tertiary/aromatic N) is 6. The van der Waals surface area contributed by atoms with Gasteiger partial charge in [-0.15, -0.1) is 0 Å². The van der Waals surface area contributed by atoms with Crippen LogP contribution in [0.25, 0.3) is 22.9 Å². The number of aromatic nitrogens is 4. The van der Waals surface area contributed by atoms with Crippen LogP contribution in [-0.4, -0.2) is 70.5 Å². The first-order valence-electron chi connectivity index (χ1n) is 14.2. The maximum Gasteiger partial charge on any atom is 0.146 e. The summed E-state index contributed by atoms with van der Waals surface area (Å²) >= 11 is 6.09. The van der Waals surface area contributed by atoms with Crippen molar-refractivity contribution in [2.75, 3.05) is 43.9 Å². The van der Waals surface area contributed by atoms with E-state index in [4.69, 9.17) is 21.6 Å².